The highest BCUT2D eigenvalue weighted by atomic mass is 16.5. The predicted octanol–water partition coefficient (Wildman–Crippen LogP) is 2.84. The van der Waals surface area contributed by atoms with E-state index < -0.39 is 5.91 Å². The quantitative estimate of drug-likeness (QED) is 0.854. The average molecular weight is 399 g/mol. The lowest BCUT2D eigenvalue weighted by atomic mass is 9.83. The van der Waals surface area contributed by atoms with Crippen LogP contribution >= 0.6 is 0 Å². The number of furan rings is 1. The largest absolute Gasteiger partial charge is 0.455 e. The van der Waals surface area contributed by atoms with Crippen molar-refractivity contribution in [2.24, 2.45) is 5.73 Å². The normalized spacial score (nSPS) is 19.3. The van der Waals surface area contributed by atoms with Gasteiger partial charge in [-0.05, 0) is 37.8 Å². The van der Waals surface area contributed by atoms with Gasteiger partial charge in [0.05, 0.1) is 12.3 Å². The summed E-state index contributed by atoms with van der Waals surface area (Å²) in [6, 6.07) is 1.80. The fourth-order valence-electron chi connectivity index (χ4n) is 4.49. The average Bonchev–Trinajstić information content (AvgIpc) is 3.09. The van der Waals surface area contributed by atoms with E-state index in [0.29, 0.717) is 0 Å². The van der Waals surface area contributed by atoms with Crippen LogP contribution in [-0.2, 0) is 28.7 Å². The standard InChI is InChI=1S/C22H30N4O3/c1-14-24-12-15-5-10-28-22(18(15)25-14)6-8-26(9-7-22)13-16-11-17(20(23)27)29-19(16)21(2,3)4/h11-12H,5-10,13H2,1-4H3,(H2,23,27). The molecule has 1 saturated heterocycles. The lowest BCUT2D eigenvalue weighted by Gasteiger charge is -2.44. The van der Waals surface area contributed by atoms with E-state index in [1.54, 1.807) is 6.07 Å². The van der Waals surface area contributed by atoms with Gasteiger partial charge in [0.25, 0.3) is 5.91 Å². The van der Waals surface area contributed by atoms with Gasteiger partial charge in [0.15, 0.2) is 5.76 Å². The molecule has 0 unspecified atom stereocenters. The molecule has 2 aromatic rings. The molecule has 29 heavy (non-hydrogen) atoms. The molecule has 2 aliphatic heterocycles. The number of carbonyl (C=O) groups excluding carboxylic acids is 1. The third-order valence-electron chi connectivity index (χ3n) is 5.96. The summed E-state index contributed by atoms with van der Waals surface area (Å²) in [6.45, 7) is 11.4. The zero-order valence-corrected chi connectivity index (χ0v) is 17.7. The number of carbonyl (C=O) groups is 1. The maximum atomic E-state index is 11.6. The van der Waals surface area contributed by atoms with E-state index in [4.69, 9.17) is 19.9 Å². The van der Waals surface area contributed by atoms with Gasteiger partial charge in [0, 0.05) is 36.8 Å². The molecule has 0 radical (unpaired) electrons. The van der Waals surface area contributed by atoms with Crippen LogP contribution in [0.5, 0.6) is 0 Å². The van der Waals surface area contributed by atoms with Crippen molar-refractivity contribution in [3.8, 4) is 0 Å². The summed E-state index contributed by atoms with van der Waals surface area (Å²) in [7, 11) is 0. The molecule has 1 fully saturated rings. The molecule has 4 heterocycles. The Morgan fingerprint density at radius 2 is 2.03 bits per heavy atom. The van der Waals surface area contributed by atoms with E-state index >= 15 is 0 Å². The lowest BCUT2D eigenvalue weighted by Crippen LogP contribution is -2.47. The van der Waals surface area contributed by atoms with Crippen LogP contribution in [0.4, 0.5) is 0 Å². The molecule has 0 bridgehead atoms. The Bertz CT molecular complexity index is 921. The minimum atomic E-state index is -0.526. The lowest BCUT2D eigenvalue weighted by molar-refractivity contribution is -0.102. The van der Waals surface area contributed by atoms with Crippen LogP contribution in [0.15, 0.2) is 16.7 Å². The van der Waals surface area contributed by atoms with Crippen LogP contribution in [0.2, 0.25) is 0 Å². The van der Waals surface area contributed by atoms with Gasteiger partial charge in [-0.1, -0.05) is 20.8 Å². The van der Waals surface area contributed by atoms with Crippen molar-refractivity contribution in [2.75, 3.05) is 19.7 Å². The molecule has 0 saturated carbocycles. The monoisotopic (exact) mass is 398 g/mol. The van der Waals surface area contributed by atoms with Gasteiger partial charge in [-0.2, -0.15) is 0 Å². The topological polar surface area (TPSA) is 94.5 Å². The first-order valence-electron chi connectivity index (χ1n) is 10.3. The number of hydrogen-bond acceptors (Lipinski definition) is 6. The highest BCUT2D eigenvalue weighted by molar-refractivity contribution is 5.90. The molecule has 156 valence electrons. The van der Waals surface area contributed by atoms with Crippen molar-refractivity contribution < 1.29 is 13.9 Å². The number of aryl methyl sites for hydroxylation is 1. The molecular formula is C22H30N4O3. The summed E-state index contributed by atoms with van der Waals surface area (Å²) in [5.74, 6) is 1.33. The van der Waals surface area contributed by atoms with Gasteiger partial charge in [-0.15, -0.1) is 0 Å². The number of hydrogen-bond donors (Lipinski definition) is 1. The summed E-state index contributed by atoms with van der Waals surface area (Å²) in [6.07, 6.45) is 4.62. The van der Waals surface area contributed by atoms with E-state index in [-0.39, 0.29) is 16.8 Å². The van der Waals surface area contributed by atoms with Crippen molar-refractivity contribution in [3.63, 3.8) is 0 Å². The fourth-order valence-corrected chi connectivity index (χ4v) is 4.49. The Labute approximate surface area is 171 Å². The number of fused-ring (bicyclic) bond motifs is 2. The molecule has 4 rings (SSSR count). The van der Waals surface area contributed by atoms with Gasteiger partial charge >= 0.3 is 0 Å². The second kappa shape index (κ2) is 7.22. The van der Waals surface area contributed by atoms with Crippen LogP contribution in [0.25, 0.3) is 0 Å². The molecule has 1 spiro atoms. The Balaban J connectivity index is 1.52. The highest BCUT2D eigenvalue weighted by Gasteiger charge is 2.42. The van der Waals surface area contributed by atoms with Crippen LogP contribution in [0.3, 0.4) is 0 Å². The summed E-state index contributed by atoms with van der Waals surface area (Å²) in [4.78, 5) is 23.1. The summed E-state index contributed by atoms with van der Waals surface area (Å²) >= 11 is 0. The summed E-state index contributed by atoms with van der Waals surface area (Å²) in [5.41, 5.74) is 8.27. The van der Waals surface area contributed by atoms with Gasteiger partial charge in [-0.3, -0.25) is 9.69 Å². The highest BCUT2D eigenvalue weighted by Crippen LogP contribution is 2.41. The zero-order chi connectivity index (χ0) is 20.8. The van der Waals surface area contributed by atoms with Crippen molar-refractivity contribution in [1.29, 1.82) is 0 Å². The van der Waals surface area contributed by atoms with Gasteiger partial charge < -0.3 is 14.9 Å². The number of aromatic nitrogens is 2. The Hall–Kier alpha value is -2.25. The number of nitrogens with two attached hydrogens (primary N) is 1. The molecule has 1 amide bonds. The maximum absolute atomic E-state index is 11.6. The minimum absolute atomic E-state index is 0.195. The second-order valence-electron chi connectivity index (χ2n) is 9.24. The molecule has 2 N–H and O–H groups in total. The summed E-state index contributed by atoms with van der Waals surface area (Å²) < 4.78 is 12.1. The smallest absolute Gasteiger partial charge is 0.284 e. The molecule has 2 aliphatic rings. The number of amides is 1. The van der Waals surface area contributed by atoms with Crippen molar-refractivity contribution in [1.82, 2.24) is 14.9 Å². The van der Waals surface area contributed by atoms with Gasteiger partial charge in [0.1, 0.15) is 17.2 Å². The molecular weight excluding hydrogens is 368 g/mol. The fraction of sp³-hybridized carbons (Fsp3) is 0.591. The molecule has 7 nitrogen and oxygen atoms in total. The Morgan fingerprint density at radius 3 is 2.69 bits per heavy atom. The Morgan fingerprint density at radius 1 is 1.31 bits per heavy atom. The van der Waals surface area contributed by atoms with E-state index in [2.05, 4.69) is 30.7 Å². The van der Waals surface area contributed by atoms with Gasteiger partial charge in [0.2, 0.25) is 0 Å². The van der Waals surface area contributed by atoms with Crippen LogP contribution < -0.4 is 5.73 Å². The summed E-state index contributed by atoms with van der Waals surface area (Å²) in [5, 5.41) is 0. The molecule has 0 aromatic carbocycles. The number of primary amides is 1. The third kappa shape index (κ3) is 3.81. The third-order valence-corrected chi connectivity index (χ3v) is 5.96. The molecule has 0 aliphatic carbocycles. The molecule has 2 aromatic heterocycles. The van der Waals surface area contributed by atoms with Gasteiger partial charge in [-0.25, -0.2) is 9.97 Å². The van der Waals surface area contributed by atoms with Crippen LogP contribution in [0.1, 0.15) is 72.6 Å². The minimum Gasteiger partial charge on any atom is -0.455 e. The number of nitrogens with zero attached hydrogens (tertiary/aromatic N) is 3. The number of rotatable bonds is 3. The van der Waals surface area contributed by atoms with E-state index in [1.807, 2.05) is 13.1 Å². The van der Waals surface area contributed by atoms with Crippen LogP contribution in [-0.4, -0.2) is 40.5 Å². The maximum Gasteiger partial charge on any atom is 0.284 e. The number of likely N-dealkylation sites (tertiary alicyclic amines) is 1. The first-order valence-corrected chi connectivity index (χ1v) is 10.3. The Kier molecular flexibility index (Phi) is 4.99. The first kappa shape index (κ1) is 20.0. The van der Waals surface area contributed by atoms with Crippen LogP contribution in [0, 0.1) is 6.92 Å². The van der Waals surface area contributed by atoms with Crippen molar-refractivity contribution >= 4 is 5.91 Å². The second-order valence-corrected chi connectivity index (χ2v) is 9.24. The number of piperidine rings is 1. The zero-order valence-electron chi connectivity index (χ0n) is 17.7. The first-order chi connectivity index (χ1) is 13.7. The number of ether oxygens (including phenoxy) is 1. The predicted molar refractivity (Wildman–Crippen MR) is 109 cm³/mol. The van der Waals surface area contributed by atoms with Crippen molar-refractivity contribution in [2.45, 2.75) is 64.5 Å². The van der Waals surface area contributed by atoms with E-state index in [9.17, 15) is 4.79 Å². The van der Waals surface area contributed by atoms with E-state index in [1.165, 1.54) is 5.56 Å². The molecule has 7 heteroatoms. The van der Waals surface area contributed by atoms with E-state index in [0.717, 1.165) is 68.3 Å². The molecule has 0 atom stereocenters. The SMILES string of the molecule is Cc1ncc2c(n1)C1(CCN(Cc3cc(C(N)=O)oc3C(C)(C)C)CC1)OCC2. The van der Waals surface area contributed by atoms with Crippen molar-refractivity contribution in [3.05, 3.63) is 46.4 Å².